The van der Waals surface area contributed by atoms with Gasteiger partial charge in [-0.05, 0) is 0 Å². The lowest BCUT2D eigenvalue weighted by atomic mass is 10.3. The lowest BCUT2D eigenvalue weighted by Crippen LogP contribution is -2.40. The first-order valence-corrected chi connectivity index (χ1v) is 7.55. The molecule has 2 unspecified atom stereocenters. The molecule has 19 heavy (non-hydrogen) atoms. The maximum atomic E-state index is 5.69. The summed E-state index contributed by atoms with van der Waals surface area (Å²) in [6.45, 7) is 8.45. The van der Waals surface area contributed by atoms with Gasteiger partial charge in [0.2, 0.25) is 5.89 Å². The van der Waals surface area contributed by atoms with Crippen molar-refractivity contribution in [2.24, 2.45) is 0 Å². The first kappa shape index (κ1) is 14.6. The van der Waals surface area contributed by atoms with Crippen molar-refractivity contribution < 1.29 is 9.15 Å². The summed E-state index contributed by atoms with van der Waals surface area (Å²) in [6, 6.07) is 0.641. The number of thioether (sulfide) groups is 1. The molecule has 0 saturated carbocycles. The van der Waals surface area contributed by atoms with Gasteiger partial charge in [-0.25, -0.2) is 0 Å². The SMILES string of the molecule is COCCNCc1nnc(N2CC(C)SC(C)C2)o1. The maximum absolute atomic E-state index is 5.69. The van der Waals surface area contributed by atoms with Crippen LogP contribution >= 0.6 is 11.8 Å². The number of rotatable bonds is 6. The van der Waals surface area contributed by atoms with Gasteiger partial charge in [0.15, 0.2) is 0 Å². The molecule has 6 nitrogen and oxygen atoms in total. The fourth-order valence-corrected chi connectivity index (χ4v) is 3.47. The summed E-state index contributed by atoms with van der Waals surface area (Å²) in [5.74, 6) is 0.629. The van der Waals surface area contributed by atoms with Crippen molar-refractivity contribution in [1.29, 1.82) is 0 Å². The van der Waals surface area contributed by atoms with E-state index < -0.39 is 0 Å². The Morgan fingerprint density at radius 3 is 2.79 bits per heavy atom. The largest absolute Gasteiger partial charge is 0.407 e. The van der Waals surface area contributed by atoms with Gasteiger partial charge >= 0.3 is 6.01 Å². The molecule has 7 heteroatoms. The molecular formula is C12H22N4O2S. The molecule has 1 N–H and O–H groups in total. The highest BCUT2D eigenvalue weighted by molar-refractivity contribution is 8.00. The zero-order valence-corrected chi connectivity index (χ0v) is 12.6. The summed E-state index contributed by atoms with van der Waals surface area (Å²) < 4.78 is 10.7. The third kappa shape index (κ3) is 4.36. The van der Waals surface area contributed by atoms with Gasteiger partial charge in [0.1, 0.15) is 0 Å². The van der Waals surface area contributed by atoms with Crippen LogP contribution in [0.15, 0.2) is 4.42 Å². The molecule has 1 fully saturated rings. The van der Waals surface area contributed by atoms with E-state index in [4.69, 9.17) is 9.15 Å². The van der Waals surface area contributed by atoms with E-state index in [1.807, 2.05) is 11.8 Å². The Bertz CT molecular complexity index is 378. The highest BCUT2D eigenvalue weighted by Crippen LogP contribution is 2.27. The van der Waals surface area contributed by atoms with Gasteiger partial charge in [0.25, 0.3) is 0 Å². The van der Waals surface area contributed by atoms with Crippen molar-refractivity contribution >= 4 is 17.8 Å². The van der Waals surface area contributed by atoms with Crippen LogP contribution in [0.4, 0.5) is 6.01 Å². The number of methoxy groups -OCH3 is 1. The minimum absolute atomic E-state index is 0.587. The van der Waals surface area contributed by atoms with E-state index in [2.05, 4.69) is 34.3 Å². The van der Waals surface area contributed by atoms with Gasteiger partial charge < -0.3 is 19.4 Å². The van der Waals surface area contributed by atoms with Crippen LogP contribution in [-0.2, 0) is 11.3 Å². The van der Waals surface area contributed by atoms with Crippen LogP contribution in [0.2, 0.25) is 0 Å². The monoisotopic (exact) mass is 286 g/mol. The number of nitrogens with zero attached hydrogens (tertiary/aromatic N) is 3. The van der Waals surface area contributed by atoms with Crippen LogP contribution in [0.5, 0.6) is 0 Å². The Morgan fingerprint density at radius 2 is 2.11 bits per heavy atom. The van der Waals surface area contributed by atoms with E-state index >= 15 is 0 Å². The summed E-state index contributed by atoms with van der Waals surface area (Å²) >= 11 is 2.01. The number of aromatic nitrogens is 2. The molecule has 2 atom stereocenters. The molecule has 2 rings (SSSR count). The van der Waals surface area contributed by atoms with E-state index in [0.29, 0.717) is 35.6 Å². The number of hydrogen-bond donors (Lipinski definition) is 1. The maximum Gasteiger partial charge on any atom is 0.318 e. The van der Waals surface area contributed by atoms with Crippen LogP contribution < -0.4 is 10.2 Å². The molecule has 108 valence electrons. The highest BCUT2D eigenvalue weighted by atomic mass is 32.2. The average Bonchev–Trinajstić information content (AvgIpc) is 2.82. The van der Waals surface area contributed by atoms with Crippen LogP contribution in [0.3, 0.4) is 0 Å². The lowest BCUT2D eigenvalue weighted by molar-refractivity contribution is 0.198. The average molecular weight is 286 g/mol. The molecule has 0 aliphatic carbocycles. The predicted octanol–water partition coefficient (Wildman–Crippen LogP) is 1.14. The van der Waals surface area contributed by atoms with E-state index in [-0.39, 0.29) is 0 Å². The molecule has 1 aromatic heterocycles. The van der Waals surface area contributed by atoms with E-state index in [0.717, 1.165) is 19.6 Å². The smallest absolute Gasteiger partial charge is 0.318 e. The van der Waals surface area contributed by atoms with Crippen molar-refractivity contribution in [3.8, 4) is 0 Å². The van der Waals surface area contributed by atoms with Crippen molar-refractivity contribution in [2.75, 3.05) is 38.3 Å². The molecule has 0 bridgehead atoms. The molecule has 2 heterocycles. The summed E-state index contributed by atoms with van der Waals surface area (Å²) in [4.78, 5) is 2.18. The molecule has 0 aromatic carbocycles. The summed E-state index contributed by atoms with van der Waals surface area (Å²) in [6.07, 6.45) is 0. The Kier molecular flexibility index (Phi) is 5.47. The summed E-state index contributed by atoms with van der Waals surface area (Å²) in [5, 5.41) is 12.6. The van der Waals surface area contributed by atoms with Gasteiger partial charge in [0, 0.05) is 37.2 Å². The topological polar surface area (TPSA) is 63.4 Å². The van der Waals surface area contributed by atoms with Crippen LogP contribution in [0.25, 0.3) is 0 Å². The Morgan fingerprint density at radius 1 is 1.37 bits per heavy atom. The van der Waals surface area contributed by atoms with Crippen molar-refractivity contribution in [3.63, 3.8) is 0 Å². The minimum Gasteiger partial charge on any atom is -0.407 e. The molecule has 1 saturated heterocycles. The molecule has 0 radical (unpaired) electrons. The lowest BCUT2D eigenvalue weighted by Gasteiger charge is -2.33. The molecule has 0 amide bonds. The summed E-state index contributed by atoms with van der Waals surface area (Å²) in [5.41, 5.74) is 0. The minimum atomic E-state index is 0.587. The van der Waals surface area contributed by atoms with E-state index in [1.165, 1.54) is 0 Å². The Balaban J connectivity index is 1.85. The molecule has 0 spiro atoms. The van der Waals surface area contributed by atoms with E-state index in [9.17, 15) is 0 Å². The number of anilines is 1. The molecule has 1 aliphatic heterocycles. The third-order valence-corrected chi connectivity index (χ3v) is 4.13. The highest BCUT2D eigenvalue weighted by Gasteiger charge is 2.25. The van der Waals surface area contributed by atoms with Crippen LogP contribution in [-0.4, -0.2) is 54.0 Å². The fourth-order valence-electron chi connectivity index (χ4n) is 2.15. The van der Waals surface area contributed by atoms with Crippen molar-refractivity contribution in [2.45, 2.75) is 30.9 Å². The number of ether oxygens (including phenoxy) is 1. The Hall–Kier alpha value is -0.790. The standard InChI is InChI=1S/C12H22N4O2S/c1-9-7-16(8-10(2)19-9)12-15-14-11(18-12)6-13-4-5-17-3/h9-10,13H,4-8H2,1-3H3. The Labute approximate surface area is 118 Å². The van der Waals surface area contributed by atoms with Gasteiger partial charge in [-0.3, -0.25) is 0 Å². The first-order chi connectivity index (χ1) is 9.19. The second-order valence-corrected chi connectivity index (χ2v) is 6.69. The fraction of sp³-hybridized carbons (Fsp3) is 0.833. The normalized spacial score (nSPS) is 23.8. The number of hydrogen-bond acceptors (Lipinski definition) is 7. The van der Waals surface area contributed by atoms with Gasteiger partial charge in [-0.15, -0.1) is 5.10 Å². The van der Waals surface area contributed by atoms with Gasteiger partial charge in [-0.2, -0.15) is 11.8 Å². The van der Waals surface area contributed by atoms with Crippen molar-refractivity contribution in [3.05, 3.63) is 5.89 Å². The summed E-state index contributed by atoms with van der Waals surface area (Å²) in [7, 11) is 1.68. The molecule has 1 aromatic rings. The zero-order valence-electron chi connectivity index (χ0n) is 11.8. The van der Waals surface area contributed by atoms with Gasteiger partial charge in [-0.1, -0.05) is 18.9 Å². The van der Waals surface area contributed by atoms with Crippen LogP contribution in [0, 0.1) is 0 Å². The third-order valence-electron chi connectivity index (χ3n) is 2.91. The number of nitrogens with one attached hydrogen (secondary N) is 1. The molecule has 1 aliphatic rings. The molecular weight excluding hydrogens is 264 g/mol. The second-order valence-electron chi connectivity index (χ2n) is 4.81. The quantitative estimate of drug-likeness (QED) is 0.787. The van der Waals surface area contributed by atoms with Crippen molar-refractivity contribution in [1.82, 2.24) is 15.5 Å². The van der Waals surface area contributed by atoms with Crippen LogP contribution in [0.1, 0.15) is 19.7 Å². The predicted molar refractivity (Wildman–Crippen MR) is 76.6 cm³/mol. The zero-order chi connectivity index (χ0) is 13.7. The van der Waals surface area contributed by atoms with E-state index in [1.54, 1.807) is 7.11 Å². The first-order valence-electron chi connectivity index (χ1n) is 6.61. The van der Waals surface area contributed by atoms with Gasteiger partial charge in [0.05, 0.1) is 13.2 Å². The second kappa shape index (κ2) is 7.12.